The zero-order valence-electron chi connectivity index (χ0n) is 10.2. The third-order valence-electron chi connectivity index (χ3n) is 2.94. The zero-order chi connectivity index (χ0) is 12.4. The van der Waals surface area contributed by atoms with Crippen LogP contribution < -0.4 is 4.74 Å². The lowest BCUT2D eigenvalue weighted by Gasteiger charge is -2.02. The molecule has 0 unspecified atom stereocenters. The molecule has 0 fully saturated rings. The second-order valence-electron chi connectivity index (χ2n) is 3.97. The summed E-state index contributed by atoms with van der Waals surface area (Å²) in [5.74, 6) is 0.836. The number of aromatic nitrogens is 1. The molecule has 17 heavy (non-hydrogen) atoms. The van der Waals surface area contributed by atoms with Gasteiger partial charge in [-0.1, -0.05) is 12.1 Å². The summed E-state index contributed by atoms with van der Waals surface area (Å²) in [5.41, 5.74) is 3.91. The average molecular weight is 226 g/mol. The van der Waals surface area contributed by atoms with Crippen LogP contribution in [-0.2, 0) is 7.05 Å². The number of ether oxygens (including phenoxy) is 1. The van der Waals surface area contributed by atoms with E-state index in [0.29, 0.717) is 5.69 Å². The normalized spacial score (nSPS) is 10.0. The van der Waals surface area contributed by atoms with Crippen LogP contribution in [0.4, 0.5) is 0 Å². The van der Waals surface area contributed by atoms with Crippen molar-refractivity contribution in [3.63, 3.8) is 0 Å². The Morgan fingerprint density at radius 2 is 1.88 bits per heavy atom. The number of aryl methyl sites for hydroxylation is 1. The summed E-state index contributed by atoms with van der Waals surface area (Å²) < 4.78 is 6.98. The Bertz CT molecular complexity index is 574. The summed E-state index contributed by atoms with van der Waals surface area (Å²) in [5, 5.41) is 9.05. The molecule has 2 rings (SSSR count). The molecule has 0 saturated carbocycles. The molecule has 3 nitrogen and oxygen atoms in total. The van der Waals surface area contributed by atoms with Gasteiger partial charge in [-0.2, -0.15) is 5.26 Å². The predicted octanol–water partition coefficient (Wildman–Crippen LogP) is 2.88. The molecule has 1 aromatic carbocycles. The molecule has 1 aromatic heterocycles. The first-order valence-electron chi connectivity index (χ1n) is 5.38. The molecule has 1 heterocycles. The first kappa shape index (κ1) is 11.3. The van der Waals surface area contributed by atoms with E-state index >= 15 is 0 Å². The molecule has 2 aromatic rings. The van der Waals surface area contributed by atoms with Crippen LogP contribution in [0.25, 0.3) is 11.1 Å². The van der Waals surface area contributed by atoms with Crippen LogP contribution in [-0.4, -0.2) is 11.7 Å². The van der Waals surface area contributed by atoms with Gasteiger partial charge in [0, 0.05) is 18.8 Å². The number of hydrogen-bond donors (Lipinski definition) is 0. The van der Waals surface area contributed by atoms with Gasteiger partial charge in [-0.3, -0.25) is 0 Å². The Morgan fingerprint density at radius 3 is 2.35 bits per heavy atom. The van der Waals surface area contributed by atoms with E-state index in [4.69, 9.17) is 10.00 Å². The standard InChI is InChI=1S/C14H14N2O/c1-10-13(9-16(2)14(10)8-15)11-4-6-12(17-3)7-5-11/h4-7,9H,1-3H3. The summed E-state index contributed by atoms with van der Waals surface area (Å²) in [6.07, 6.45) is 1.98. The second kappa shape index (κ2) is 4.34. The number of nitriles is 1. The van der Waals surface area contributed by atoms with Gasteiger partial charge in [-0.15, -0.1) is 0 Å². The minimum Gasteiger partial charge on any atom is -0.497 e. The largest absolute Gasteiger partial charge is 0.497 e. The molecule has 0 radical (unpaired) electrons. The van der Waals surface area contributed by atoms with Gasteiger partial charge in [0.2, 0.25) is 0 Å². The molecular weight excluding hydrogens is 212 g/mol. The SMILES string of the molecule is COc1ccc(-c2cn(C)c(C#N)c2C)cc1. The third kappa shape index (κ3) is 1.90. The predicted molar refractivity (Wildman–Crippen MR) is 66.9 cm³/mol. The van der Waals surface area contributed by atoms with Crippen molar-refractivity contribution in [1.82, 2.24) is 4.57 Å². The highest BCUT2D eigenvalue weighted by Crippen LogP contribution is 2.28. The fourth-order valence-electron chi connectivity index (χ4n) is 1.97. The lowest BCUT2D eigenvalue weighted by atomic mass is 10.0. The second-order valence-corrected chi connectivity index (χ2v) is 3.97. The van der Waals surface area contributed by atoms with Gasteiger partial charge in [0.15, 0.2) is 0 Å². The molecule has 0 N–H and O–H groups in total. The first-order chi connectivity index (χ1) is 8.17. The number of nitrogens with zero attached hydrogens (tertiary/aromatic N) is 2. The van der Waals surface area contributed by atoms with Crippen molar-refractivity contribution in [1.29, 1.82) is 5.26 Å². The number of methoxy groups -OCH3 is 1. The molecule has 0 aliphatic rings. The smallest absolute Gasteiger partial charge is 0.123 e. The highest BCUT2D eigenvalue weighted by Gasteiger charge is 2.11. The van der Waals surface area contributed by atoms with Crippen LogP contribution in [0.3, 0.4) is 0 Å². The Labute approximate surface area is 101 Å². The van der Waals surface area contributed by atoms with E-state index in [9.17, 15) is 0 Å². The van der Waals surface area contributed by atoms with Crippen molar-refractivity contribution in [2.24, 2.45) is 7.05 Å². The Morgan fingerprint density at radius 1 is 1.24 bits per heavy atom. The van der Waals surface area contributed by atoms with Gasteiger partial charge in [0.1, 0.15) is 17.5 Å². The number of rotatable bonds is 2. The Balaban J connectivity index is 2.50. The quantitative estimate of drug-likeness (QED) is 0.789. The minimum absolute atomic E-state index is 0.704. The molecule has 0 aliphatic carbocycles. The zero-order valence-corrected chi connectivity index (χ0v) is 10.2. The summed E-state index contributed by atoms with van der Waals surface area (Å²) in [6, 6.07) is 10.1. The molecule has 3 heteroatoms. The van der Waals surface area contributed by atoms with Gasteiger partial charge >= 0.3 is 0 Å². The third-order valence-corrected chi connectivity index (χ3v) is 2.94. The van der Waals surface area contributed by atoms with Crippen LogP contribution in [0.2, 0.25) is 0 Å². The molecule has 0 amide bonds. The van der Waals surface area contributed by atoms with Gasteiger partial charge in [-0.25, -0.2) is 0 Å². The molecular formula is C14H14N2O. The van der Waals surface area contributed by atoms with Gasteiger partial charge in [0.05, 0.1) is 7.11 Å². The van der Waals surface area contributed by atoms with Crippen molar-refractivity contribution >= 4 is 0 Å². The van der Waals surface area contributed by atoms with Crippen molar-refractivity contribution in [3.05, 3.63) is 41.7 Å². The van der Waals surface area contributed by atoms with E-state index in [1.54, 1.807) is 7.11 Å². The molecule has 0 bridgehead atoms. The van der Waals surface area contributed by atoms with Crippen molar-refractivity contribution < 1.29 is 4.74 Å². The van der Waals surface area contributed by atoms with Crippen molar-refractivity contribution in [2.45, 2.75) is 6.92 Å². The maximum Gasteiger partial charge on any atom is 0.123 e. The fourth-order valence-corrected chi connectivity index (χ4v) is 1.97. The maximum atomic E-state index is 9.05. The topological polar surface area (TPSA) is 38.0 Å². The molecule has 86 valence electrons. The maximum absolute atomic E-state index is 9.05. The summed E-state index contributed by atoms with van der Waals surface area (Å²) in [7, 11) is 3.54. The van der Waals surface area contributed by atoms with Gasteiger partial charge in [0.25, 0.3) is 0 Å². The van der Waals surface area contributed by atoms with E-state index in [1.807, 2.05) is 49.0 Å². The number of hydrogen-bond acceptors (Lipinski definition) is 2. The Kier molecular flexibility index (Phi) is 2.88. The van der Waals surface area contributed by atoms with Crippen molar-refractivity contribution in [3.8, 4) is 22.9 Å². The lowest BCUT2D eigenvalue weighted by molar-refractivity contribution is 0.415. The van der Waals surface area contributed by atoms with Crippen LogP contribution in [0.5, 0.6) is 5.75 Å². The average Bonchev–Trinajstić information content (AvgIpc) is 2.64. The minimum atomic E-state index is 0.704. The molecule has 0 spiro atoms. The molecule has 0 aliphatic heterocycles. The fraction of sp³-hybridized carbons (Fsp3) is 0.214. The molecule has 0 saturated heterocycles. The summed E-state index contributed by atoms with van der Waals surface area (Å²) in [6.45, 7) is 1.97. The van der Waals surface area contributed by atoms with Gasteiger partial charge in [-0.05, 0) is 30.2 Å². The van der Waals surface area contributed by atoms with Crippen LogP contribution in [0.1, 0.15) is 11.3 Å². The van der Waals surface area contributed by atoms with E-state index in [0.717, 1.165) is 22.4 Å². The number of benzene rings is 1. The van der Waals surface area contributed by atoms with Crippen LogP contribution in [0.15, 0.2) is 30.5 Å². The highest BCUT2D eigenvalue weighted by atomic mass is 16.5. The van der Waals surface area contributed by atoms with Crippen LogP contribution >= 0.6 is 0 Å². The lowest BCUT2D eigenvalue weighted by Crippen LogP contribution is -1.89. The first-order valence-corrected chi connectivity index (χ1v) is 5.38. The monoisotopic (exact) mass is 226 g/mol. The molecule has 0 atom stereocenters. The van der Waals surface area contributed by atoms with E-state index < -0.39 is 0 Å². The Hall–Kier alpha value is -2.21. The van der Waals surface area contributed by atoms with E-state index in [-0.39, 0.29) is 0 Å². The van der Waals surface area contributed by atoms with E-state index in [1.165, 1.54) is 0 Å². The summed E-state index contributed by atoms with van der Waals surface area (Å²) in [4.78, 5) is 0. The summed E-state index contributed by atoms with van der Waals surface area (Å²) >= 11 is 0. The van der Waals surface area contributed by atoms with E-state index in [2.05, 4.69) is 6.07 Å². The van der Waals surface area contributed by atoms with Crippen molar-refractivity contribution in [2.75, 3.05) is 7.11 Å². The van der Waals surface area contributed by atoms with Crippen LogP contribution in [0, 0.1) is 18.3 Å². The highest BCUT2D eigenvalue weighted by molar-refractivity contribution is 5.70. The van der Waals surface area contributed by atoms with Gasteiger partial charge < -0.3 is 9.30 Å².